The second-order valence-electron chi connectivity index (χ2n) is 8.96. The van der Waals surface area contributed by atoms with Crippen LogP contribution in [0.15, 0.2) is 91.1 Å². The molecule has 38 heavy (non-hydrogen) atoms. The zero-order valence-corrected chi connectivity index (χ0v) is 22.9. The Morgan fingerprint density at radius 2 is 1.74 bits per heavy atom. The number of amides is 1. The number of carbonyl (C=O) groups excluding carboxylic acids is 1. The van der Waals surface area contributed by atoms with E-state index in [4.69, 9.17) is 4.74 Å². The molecule has 0 fully saturated rings. The summed E-state index contributed by atoms with van der Waals surface area (Å²) in [6.45, 7) is 4.05. The predicted molar refractivity (Wildman–Crippen MR) is 159 cm³/mol. The molecule has 1 aromatic heterocycles. The molecule has 1 amide bonds. The van der Waals surface area contributed by atoms with Crippen LogP contribution in [0.1, 0.15) is 30.0 Å². The van der Waals surface area contributed by atoms with Crippen molar-refractivity contribution < 1.29 is 9.53 Å². The Kier molecular flexibility index (Phi) is 10.7. The van der Waals surface area contributed by atoms with Gasteiger partial charge in [-0.15, -0.1) is 12.4 Å². The smallest absolute Gasteiger partial charge is 0.245 e. The van der Waals surface area contributed by atoms with E-state index in [9.17, 15) is 4.79 Å². The number of nitrogens with zero attached hydrogens (tertiary/aromatic N) is 2. The van der Waals surface area contributed by atoms with Crippen LogP contribution in [0.3, 0.4) is 0 Å². The van der Waals surface area contributed by atoms with Gasteiger partial charge in [0.2, 0.25) is 5.91 Å². The van der Waals surface area contributed by atoms with E-state index < -0.39 is 0 Å². The number of hydrogen-bond donors (Lipinski definition) is 2. The normalized spacial score (nSPS) is 11.8. The largest absolute Gasteiger partial charge is 0.492 e. The summed E-state index contributed by atoms with van der Waals surface area (Å²) in [5, 5.41) is 11.6. The molecule has 4 aromatic rings. The number of H-pyrrole nitrogens is 1. The summed E-state index contributed by atoms with van der Waals surface area (Å²) in [7, 11) is 3.47. The molecule has 0 aliphatic rings. The molecule has 0 saturated heterocycles. The second kappa shape index (κ2) is 14.2. The van der Waals surface area contributed by atoms with Crippen molar-refractivity contribution in [2.45, 2.75) is 13.3 Å². The number of aromatic amines is 1. The van der Waals surface area contributed by atoms with Crippen LogP contribution in [0.25, 0.3) is 22.0 Å². The van der Waals surface area contributed by atoms with E-state index in [1.54, 1.807) is 25.1 Å². The van der Waals surface area contributed by atoms with Crippen molar-refractivity contribution in [2.75, 3.05) is 33.8 Å². The van der Waals surface area contributed by atoms with Crippen LogP contribution in [0.5, 0.6) is 5.75 Å². The first-order chi connectivity index (χ1) is 18.1. The van der Waals surface area contributed by atoms with Crippen molar-refractivity contribution in [2.24, 2.45) is 0 Å². The maximum atomic E-state index is 11.5. The predicted octanol–water partition coefficient (Wildman–Crippen LogP) is 5.97. The number of ether oxygens (including phenoxy) is 1. The van der Waals surface area contributed by atoms with Gasteiger partial charge < -0.3 is 15.0 Å². The molecule has 2 N–H and O–H groups in total. The SMILES string of the molecule is CCC(=C(c1ccc(OCCNCC=CC(=O)N(C)C)cc1)c1ccc2[nH]ncc2c1)c1ccccc1.Cl. The Labute approximate surface area is 230 Å². The van der Waals surface area contributed by atoms with Gasteiger partial charge in [-0.1, -0.05) is 61.5 Å². The zero-order valence-electron chi connectivity index (χ0n) is 22.1. The second-order valence-corrected chi connectivity index (χ2v) is 8.96. The zero-order chi connectivity index (χ0) is 26.0. The summed E-state index contributed by atoms with van der Waals surface area (Å²) < 4.78 is 5.94. The fraction of sp³-hybridized carbons (Fsp3) is 0.226. The molecule has 0 aliphatic heterocycles. The number of rotatable bonds is 11. The standard InChI is InChI=1S/C31H34N4O2.ClH/c1-4-28(23-9-6-5-7-10-23)31(25-14-17-29-26(21-25)22-33-34-29)24-12-15-27(16-13-24)37-20-19-32-18-8-11-30(36)35(2)3;/h5-17,21-22,32H,4,18-20H2,1-3H3,(H,33,34);1H. The molecule has 0 atom stereocenters. The summed E-state index contributed by atoms with van der Waals surface area (Å²) in [6.07, 6.45) is 6.17. The Balaban J connectivity index is 0.00000400. The first-order valence-corrected chi connectivity index (χ1v) is 12.6. The van der Waals surface area contributed by atoms with Gasteiger partial charge >= 0.3 is 0 Å². The van der Waals surface area contributed by atoms with Gasteiger partial charge in [0.15, 0.2) is 0 Å². The minimum atomic E-state index is -0.0188. The molecular formula is C31H35ClN4O2. The summed E-state index contributed by atoms with van der Waals surface area (Å²) >= 11 is 0. The van der Waals surface area contributed by atoms with E-state index in [1.165, 1.54) is 16.7 Å². The minimum absolute atomic E-state index is 0. The number of hydrogen-bond acceptors (Lipinski definition) is 4. The fourth-order valence-electron chi connectivity index (χ4n) is 4.23. The highest BCUT2D eigenvalue weighted by Gasteiger charge is 2.14. The summed E-state index contributed by atoms with van der Waals surface area (Å²) in [4.78, 5) is 13.1. The first kappa shape index (κ1) is 28.7. The van der Waals surface area contributed by atoms with E-state index in [0.717, 1.165) is 34.2 Å². The molecular weight excluding hydrogens is 496 g/mol. The number of halogens is 1. The van der Waals surface area contributed by atoms with Crippen LogP contribution >= 0.6 is 12.4 Å². The van der Waals surface area contributed by atoms with Crippen molar-refractivity contribution in [1.82, 2.24) is 20.4 Å². The molecule has 4 rings (SSSR count). The average molecular weight is 531 g/mol. The molecule has 0 bridgehead atoms. The molecule has 0 spiro atoms. The highest BCUT2D eigenvalue weighted by Crippen LogP contribution is 2.36. The summed E-state index contributed by atoms with van der Waals surface area (Å²) in [5.74, 6) is 0.806. The van der Waals surface area contributed by atoms with Gasteiger partial charge in [-0.25, -0.2) is 0 Å². The number of allylic oxidation sites excluding steroid dienone is 1. The van der Waals surface area contributed by atoms with Crippen LogP contribution in [0, 0.1) is 0 Å². The van der Waals surface area contributed by atoms with Crippen molar-refractivity contribution in [3.8, 4) is 5.75 Å². The quantitative estimate of drug-likeness (QED) is 0.142. The molecule has 0 radical (unpaired) electrons. The molecule has 198 valence electrons. The molecule has 3 aromatic carbocycles. The molecule has 1 heterocycles. The van der Waals surface area contributed by atoms with E-state index in [2.05, 4.69) is 83.1 Å². The van der Waals surface area contributed by atoms with Gasteiger partial charge in [-0.05, 0) is 58.5 Å². The van der Waals surface area contributed by atoms with Crippen LogP contribution in [0.2, 0.25) is 0 Å². The van der Waals surface area contributed by atoms with Gasteiger partial charge in [0, 0.05) is 38.6 Å². The van der Waals surface area contributed by atoms with Gasteiger partial charge in [-0.2, -0.15) is 5.10 Å². The first-order valence-electron chi connectivity index (χ1n) is 12.6. The third-order valence-electron chi connectivity index (χ3n) is 6.16. The van der Waals surface area contributed by atoms with Gasteiger partial charge in [0.05, 0.1) is 11.7 Å². The highest BCUT2D eigenvalue weighted by atomic mass is 35.5. The number of nitrogens with one attached hydrogen (secondary N) is 2. The number of fused-ring (bicyclic) bond motifs is 1. The average Bonchev–Trinajstić information content (AvgIpc) is 3.40. The molecule has 6 nitrogen and oxygen atoms in total. The number of benzene rings is 3. The molecule has 0 aliphatic carbocycles. The maximum absolute atomic E-state index is 11.5. The van der Waals surface area contributed by atoms with Gasteiger partial charge in [-0.3, -0.25) is 9.89 Å². The van der Waals surface area contributed by atoms with Crippen molar-refractivity contribution in [3.05, 3.63) is 108 Å². The van der Waals surface area contributed by atoms with E-state index >= 15 is 0 Å². The number of aromatic nitrogens is 2. The van der Waals surface area contributed by atoms with Crippen LogP contribution in [-0.2, 0) is 4.79 Å². The highest BCUT2D eigenvalue weighted by molar-refractivity contribution is 6.00. The Morgan fingerprint density at radius 1 is 1.00 bits per heavy atom. The lowest BCUT2D eigenvalue weighted by molar-refractivity contribution is -0.123. The molecule has 0 saturated carbocycles. The fourth-order valence-corrected chi connectivity index (χ4v) is 4.23. The third-order valence-corrected chi connectivity index (χ3v) is 6.16. The topological polar surface area (TPSA) is 70.2 Å². The Morgan fingerprint density at radius 3 is 2.45 bits per heavy atom. The molecule has 0 unspecified atom stereocenters. The lowest BCUT2D eigenvalue weighted by Crippen LogP contribution is -2.22. The van der Waals surface area contributed by atoms with Crippen LogP contribution in [-0.4, -0.2) is 54.8 Å². The van der Waals surface area contributed by atoms with Crippen LogP contribution < -0.4 is 10.1 Å². The van der Waals surface area contributed by atoms with Crippen molar-refractivity contribution in [1.29, 1.82) is 0 Å². The maximum Gasteiger partial charge on any atom is 0.245 e. The summed E-state index contributed by atoms with van der Waals surface area (Å²) in [6, 6.07) is 25.3. The minimum Gasteiger partial charge on any atom is -0.492 e. The van der Waals surface area contributed by atoms with Gasteiger partial charge in [0.25, 0.3) is 0 Å². The van der Waals surface area contributed by atoms with Crippen molar-refractivity contribution >= 4 is 40.4 Å². The Bertz CT molecular complexity index is 1380. The number of likely N-dealkylation sites (N-methyl/N-ethyl adjacent to an activating group) is 1. The lowest BCUT2D eigenvalue weighted by Gasteiger charge is -2.17. The third kappa shape index (κ3) is 7.34. The molecule has 7 heteroatoms. The van der Waals surface area contributed by atoms with E-state index in [0.29, 0.717) is 19.7 Å². The Hall–Kier alpha value is -3.87. The number of carbonyl (C=O) groups is 1. The van der Waals surface area contributed by atoms with E-state index in [1.807, 2.05) is 24.4 Å². The van der Waals surface area contributed by atoms with Crippen molar-refractivity contribution in [3.63, 3.8) is 0 Å². The lowest BCUT2D eigenvalue weighted by atomic mass is 9.88. The van der Waals surface area contributed by atoms with Gasteiger partial charge in [0.1, 0.15) is 12.4 Å². The monoisotopic (exact) mass is 530 g/mol. The van der Waals surface area contributed by atoms with E-state index in [-0.39, 0.29) is 18.3 Å². The van der Waals surface area contributed by atoms with Crippen LogP contribution in [0.4, 0.5) is 0 Å². The summed E-state index contributed by atoms with van der Waals surface area (Å²) in [5.41, 5.74) is 7.06.